The molecule has 3 rings (SSSR count). The summed E-state index contributed by atoms with van der Waals surface area (Å²) in [6, 6.07) is 15.2. The molecule has 2 aromatic carbocycles. The van der Waals surface area contributed by atoms with Gasteiger partial charge in [-0.3, -0.25) is 0 Å². The molecule has 0 spiro atoms. The van der Waals surface area contributed by atoms with E-state index in [2.05, 4.69) is 10.6 Å². The Labute approximate surface area is 162 Å². The number of benzene rings is 2. The maximum Gasteiger partial charge on any atom is 0.338 e. The van der Waals surface area contributed by atoms with E-state index < -0.39 is 12.0 Å². The highest BCUT2D eigenvalue weighted by molar-refractivity contribution is 6.30. The average molecular weight is 387 g/mol. The van der Waals surface area contributed by atoms with Crippen molar-refractivity contribution in [3.05, 3.63) is 76.5 Å². The number of rotatable bonds is 6. The Balaban J connectivity index is 1.68. The lowest BCUT2D eigenvalue weighted by Gasteiger charge is -2.28. The van der Waals surface area contributed by atoms with Crippen LogP contribution in [0.15, 0.2) is 65.9 Å². The van der Waals surface area contributed by atoms with Gasteiger partial charge in [0.15, 0.2) is 0 Å². The minimum Gasteiger partial charge on any atom is -0.490 e. The van der Waals surface area contributed by atoms with E-state index in [1.807, 2.05) is 30.3 Å². The summed E-state index contributed by atoms with van der Waals surface area (Å²) in [6.45, 7) is 1.97. The summed E-state index contributed by atoms with van der Waals surface area (Å²) in [4.78, 5) is 24.5. The quantitative estimate of drug-likeness (QED) is 0.587. The molecule has 140 valence electrons. The third kappa shape index (κ3) is 4.80. The number of hydrogen-bond acceptors (Lipinski definition) is 4. The number of nitrogens with one attached hydrogen (secondary N) is 2. The maximum absolute atomic E-state index is 12.6. The van der Waals surface area contributed by atoms with Gasteiger partial charge in [0.1, 0.15) is 19.0 Å². The summed E-state index contributed by atoms with van der Waals surface area (Å²) < 4.78 is 10.9. The predicted molar refractivity (Wildman–Crippen MR) is 101 cm³/mol. The van der Waals surface area contributed by atoms with Crippen molar-refractivity contribution in [3.63, 3.8) is 0 Å². The number of esters is 1. The largest absolute Gasteiger partial charge is 0.490 e. The first-order chi connectivity index (χ1) is 13.0. The molecule has 1 heterocycles. The first kappa shape index (κ1) is 18.8. The van der Waals surface area contributed by atoms with Crippen LogP contribution < -0.4 is 15.4 Å². The number of hydrogen-bond donors (Lipinski definition) is 2. The smallest absolute Gasteiger partial charge is 0.338 e. The molecular weight excluding hydrogens is 368 g/mol. The molecule has 0 saturated heterocycles. The Kier molecular flexibility index (Phi) is 5.98. The van der Waals surface area contributed by atoms with Crippen molar-refractivity contribution in [1.82, 2.24) is 10.6 Å². The molecule has 2 N–H and O–H groups in total. The lowest BCUT2D eigenvalue weighted by molar-refractivity contribution is -0.140. The van der Waals surface area contributed by atoms with Crippen LogP contribution in [0.25, 0.3) is 0 Å². The van der Waals surface area contributed by atoms with Gasteiger partial charge in [-0.25, -0.2) is 9.59 Å². The van der Waals surface area contributed by atoms with Crippen LogP contribution >= 0.6 is 11.6 Å². The van der Waals surface area contributed by atoms with Crippen molar-refractivity contribution in [2.75, 3.05) is 13.2 Å². The van der Waals surface area contributed by atoms with E-state index in [9.17, 15) is 9.59 Å². The van der Waals surface area contributed by atoms with Gasteiger partial charge in [-0.05, 0) is 36.8 Å². The molecule has 2 aromatic rings. The average Bonchev–Trinajstić information content (AvgIpc) is 2.65. The van der Waals surface area contributed by atoms with Crippen LogP contribution in [-0.2, 0) is 9.53 Å². The van der Waals surface area contributed by atoms with Crippen molar-refractivity contribution in [2.24, 2.45) is 0 Å². The SMILES string of the molecule is CC1=C(C(=O)OCCOc2ccccc2)[C@@H](c2cccc(Cl)c2)NC(=O)N1. The second kappa shape index (κ2) is 8.60. The minimum atomic E-state index is -0.639. The first-order valence-corrected chi connectivity index (χ1v) is 8.81. The molecule has 0 fully saturated rings. The van der Waals surface area contributed by atoms with Gasteiger partial charge < -0.3 is 20.1 Å². The molecule has 0 unspecified atom stereocenters. The summed E-state index contributed by atoms with van der Waals surface area (Å²) in [5, 5.41) is 5.86. The van der Waals surface area contributed by atoms with Crippen LogP contribution in [0.1, 0.15) is 18.5 Å². The predicted octanol–water partition coefficient (Wildman–Crippen LogP) is 3.59. The lowest BCUT2D eigenvalue weighted by Crippen LogP contribution is -2.45. The fourth-order valence-corrected chi connectivity index (χ4v) is 2.99. The number of carbonyl (C=O) groups is 2. The molecule has 0 aliphatic carbocycles. The van der Waals surface area contributed by atoms with Crippen molar-refractivity contribution >= 4 is 23.6 Å². The zero-order chi connectivity index (χ0) is 19.2. The van der Waals surface area contributed by atoms with Gasteiger partial charge in [-0.1, -0.05) is 41.9 Å². The second-order valence-corrected chi connectivity index (χ2v) is 6.36. The van der Waals surface area contributed by atoms with Crippen LogP contribution in [0.3, 0.4) is 0 Å². The van der Waals surface area contributed by atoms with Crippen LogP contribution in [0.4, 0.5) is 4.79 Å². The molecule has 1 aliphatic rings. The number of allylic oxidation sites excluding steroid dienone is 1. The van der Waals surface area contributed by atoms with Gasteiger partial charge >= 0.3 is 12.0 Å². The number of ether oxygens (including phenoxy) is 2. The Morgan fingerprint density at radius 1 is 1.11 bits per heavy atom. The van der Waals surface area contributed by atoms with E-state index in [4.69, 9.17) is 21.1 Å². The van der Waals surface area contributed by atoms with E-state index in [1.54, 1.807) is 31.2 Å². The van der Waals surface area contributed by atoms with Gasteiger partial charge in [0, 0.05) is 10.7 Å². The molecule has 0 radical (unpaired) electrons. The lowest BCUT2D eigenvalue weighted by atomic mass is 9.96. The zero-order valence-corrected chi connectivity index (χ0v) is 15.5. The number of urea groups is 1. The van der Waals surface area contributed by atoms with Crippen molar-refractivity contribution in [1.29, 1.82) is 0 Å². The second-order valence-electron chi connectivity index (χ2n) is 5.92. The van der Waals surface area contributed by atoms with E-state index in [0.29, 0.717) is 27.6 Å². The Morgan fingerprint density at radius 2 is 1.89 bits per heavy atom. The van der Waals surface area contributed by atoms with Gasteiger partial charge in [0.05, 0.1) is 11.6 Å². The van der Waals surface area contributed by atoms with Gasteiger partial charge in [-0.2, -0.15) is 0 Å². The van der Waals surface area contributed by atoms with E-state index in [-0.39, 0.29) is 19.2 Å². The fourth-order valence-electron chi connectivity index (χ4n) is 2.79. The molecule has 2 amide bonds. The molecule has 1 atom stereocenters. The van der Waals surface area contributed by atoms with Crippen molar-refractivity contribution < 1.29 is 19.1 Å². The number of amides is 2. The summed E-state index contributed by atoms with van der Waals surface area (Å²) in [6.07, 6.45) is 0. The summed E-state index contributed by atoms with van der Waals surface area (Å²) in [7, 11) is 0. The van der Waals surface area contributed by atoms with Gasteiger partial charge in [-0.15, -0.1) is 0 Å². The summed E-state index contributed by atoms with van der Waals surface area (Å²) in [5.74, 6) is 0.175. The molecule has 6 nitrogen and oxygen atoms in total. The number of carbonyl (C=O) groups excluding carboxylic acids is 2. The van der Waals surface area contributed by atoms with E-state index in [1.165, 1.54) is 0 Å². The highest BCUT2D eigenvalue weighted by Crippen LogP contribution is 2.29. The van der Waals surface area contributed by atoms with Crippen molar-refractivity contribution in [3.8, 4) is 5.75 Å². The van der Waals surface area contributed by atoms with Crippen LogP contribution in [0.5, 0.6) is 5.75 Å². The van der Waals surface area contributed by atoms with E-state index in [0.717, 1.165) is 0 Å². The fraction of sp³-hybridized carbons (Fsp3) is 0.200. The van der Waals surface area contributed by atoms with Crippen LogP contribution in [0, 0.1) is 0 Å². The highest BCUT2D eigenvalue weighted by Gasteiger charge is 2.32. The summed E-state index contributed by atoms with van der Waals surface area (Å²) in [5.41, 5.74) is 1.47. The molecule has 27 heavy (non-hydrogen) atoms. The summed E-state index contributed by atoms with van der Waals surface area (Å²) >= 11 is 6.05. The monoisotopic (exact) mass is 386 g/mol. The molecule has 0 saturated carbocycles. The molecule has 0 aromatic heterocycles. The zero-order valence-electron chi connectivity index (χ0n) is 14.7. The van der Waals surface area contributed by atoms with Gasteiger partial charge in [0.2, 0.25) is 0 Å². The number of para-hydroxylation sites is 1. The minimum absolute atomic E-state index is 0.0840. The molecule has 0 bridgehead atoms. The molecule has 1 aliphatic heterocycles. The molecule has 7 heteroatoms. The topological polar surface area (TPSA) is 76.7 Å². The first-order valence-electron chi connectivity index (χ1n) is 8.43. The third-order valence-corrected chi connectivity index (χ3v) is 4.23. The Hall–Kier alpha value is -2.99. The number of halogens is 1. The van der Waals surface area contributed by atoms with Crippen molar-refractivity contribution in [2.45, 2.75) is 13.0 Å². The van der Waals surface area contributed by atoms with Crippen LogP contribution in [-0.4, -0.2) is 25.2 Å². The van der Waals surface area contributed by atoms with E-state index >= 15 is 0 Å². The normalized spacial score (nSPS) is 16.4. The third-order valence-electron chi connectivity index (χ3n) is 4.00. The van der Waals surface area contributed by atoms with Crippen LogP contribution in [0.2, 0.25) is 5.02 Å². The maximum atomic E-state index is 12.6. The Bertz CT molecular complexity index is 867. The van der Waals surface area contributed by atoms with Gasteiger partial charge in [0.25, 0.3) is 0 Å². The standard InChI is InChI=1S/C20H19ClN2O4/c1-13-17(19(24)27-11-10-26-16-8-3-2-4-9-16)18(23-20(25)22-13)14-6-5-7-15(21)12-14/h2-9,12,18H,10-11H2,1H3,(H2,22,23,25)/t18-/m1/s1. The molecular formula is C20H19ClN2O4. The Morgan fingerprint density at radius 3 is 2.63 bits per heavy atom. The highest BCUT2D eigenvalue weighted by atomic mass is 35.5.